The lowest BCUT2D eigenvalue weighted by Gasteiger charge is -2.43. The summed E-state index contributed by atoms with van der Waals surface area (Å²) in [5, 5.41) is 8.74. The van der Waals surface area contributed by atoms with E-state index in [1.807, 2.05) is 4.90 Å². The second kappa shape index (κ2) is 12.5. The topological polar surface area (TPSA) is 144 Å². The van der Waals surface area contributed by atoms with E-state index in [1.54, 1.807) is 0 Å². The van der Waals surface area contributed by atoms with E-state index in [9.17, 15) is 9.59 Å². The van der Waals surface area contributed by atoms with Crippen LogP contribution in [0.1, 0.15) is 57.8 Å². The first-order valence-corrected chi connectivity index (χ1v) is 12.0. The van der Waals surface area contributed by atoms with Crippen molar-refractivity contribution < 1.29 is 24.2 Å². The number of carboxylic acid groups (broad SMARTS) is 1. The van der Waals surface area contributed by atoms with Crippen LogP contribution in [0.15, 0.2) is 4.99 Å². The molecule has 0 aliphatic carbocycles. The first-order chi connectivity index (χ1) is 15.4. The standard InChI is InChI=1S/C22H39N5O5/c23-19(15-20(28)29)21(30)25-22(24)26-10-4-18(5-11-26)32-14-8-16-3-1-2-9-27(16)17-6-12-31-13-7-17/h16-19H,1-15,23H2,(H,28,29)(H2,24,25,30)/t16-,19+/m0/s1. The Morgan fingerprint density at radius 2 is 1.81 bits per heavy atom. The third-order valence-corrected chi connectivity index (χ3v) is 6.84. The fourth-order valence-corrected chi connectivity index (χ4v) is 4.99. The quantitative estimate of drug-likeness (QED) is 0.354. The highest BCUT2D eigenvalue weighted by Crippen LogP contribution is 2.27. The highest BCUT2D eigenvalue weighted by atomic mass is 16.5. The number of ether oxygens (including phenoxy) is 2. The average Bonchev–Trinajstić information content (AvgIpc) is 2.80. The van der Waals surface area contributed by atoms with E-state index in [2.05, 4.69) is 9.89 Å². The summed E-state index contributed by atoms with van der Waals surface area (Å²) in [4.78, 5) is 30.9. The maximum Gasteiger partial charge on any atom is 0.305 e. The Morgan fingerprint density at radius 1 is 1.09 bits per heavy atom. The van der Waals surface area contributed by atoms with Crippen LogP contribution in [-0.2, 0) is 19.1 Å². The maximum atomic E-state index is 11.9. The third kappa shape index (κ3) is 7.40. The summed E-state index contributed by atoms with van der Waals surface area (Å²) in [6.07, 6.45) is 8.56. The van der Waals surface area contributed by atoms with Crippen molar-refractivity contribution in [2.75, 3.05) is 39.5 Å². The number of amides is 1. The molecule has 10 nitrogen and oxygen atoms in total. The van der Waals surface area contributed by atoms with Gasteiger partial charge in [0.2, 0.25) is 0 Å². The van der Waals surface area contributed by atoms with Crippen molar-refractivity contribution in [3.05, 3.63) is 0 Å². The lowest BCUT2D eigenvalue weighted by atomic mass is 9.94. The highest BCUT2D eigenvalue weighted by Gasteiger charge is 2.30. The molecule has 0 radical (unpaired) electrons. The molecule has 0 saturated carbocycles. The molecule has 0 bridgehead atoms. The largest absolute Gasteiger partial charge is 0.481 e. The van der Waals surface area contributed by atoms with Crippen molar-refractivity contribution in [2.24, 2.45) is 16.5 Å². The van der Waals surface area contributed by atoms with Gasteiger partial charge in [0.15, 0.2) is 5.96 Å². The number of rotatable bonds is 8. The van der Waals surface area contributed by atoms with Gasteiger partial charge in [-0.15, -0.1) is 0 Å². The first kappa shape index (κ1) is 24.9. The SMILES string of the molecule is NC(=NC(=O)[C@H](N)CC(=O)O)N1CCC(OCC[C@@H]2CCCCN2C2CCOCC2)CC1. The lowest BCUT2D eigenvalue weighted by molar-refractivity contribution is -0.139. The molecular weight excluding hydrogens is 414 g/mol. The van der Waals surface area contributed by atoms with Crippen LogP contribution in [0.2, 0.25) is 0 Å². The van der Waals surface area contributed by atoms with Crippen molar-refractivity contribution in [1.29, 1.82) is 0 Å². The number of carbonyl (C=O) groups excluding carboxylic acids is 1. The van der Waals surface area contributed by atoms with Crippen LogP contribution in [-0.4, -0.2) is 96.4 Å². The van der Waals surface area contributed by atoms with Gasteiger partial charge in [-0.25, -0.2) is 0 Å². The summed E-state index contributed by atoms with van der Waals surface area (Å²) in [6, 6.07) is 0.0917. The van der Waals surface area contributed by atoms with E-state index < -0.39 is 24.3 Å². The minimum Gasteiger partial charge on any atom is -0.481 e. The monoisotopic (exact) mass is 453 g/mol. The van der Waals surface area contributed by atoms with Gasteiger partial charge in [-0.2, -0.15) is 4.99 Å². The highest BCUT2D eigenvalue weighted by molar-refractivity contribution is 5.96. The predicted octanol–water partition coefficient (Wildman–Crippen LogP) is 0.534. The molecule has 0 spiro atoms. The van der Waals surface area contributed by atoms with Crippen LogP contribution >= 0.6 is 0 Å². The van der Waals surface area contributed by atoms with E-state index in [0.717, 1.165) is 51.9 Å². The molecule has 3 aliphatic heterocycles. The Bertz CT molecular complexity index is 647. The van der Waals surface area contributed by atoms with Gasteiger partial charge < -0.3 is 30.9 Å². The normalized spacial score (nSPS) is 25.6. The van der Waals surface area contributed by atoms with E-state index >= 15 is 0 Å². The van der Waals surface area contributed by atoms with Crippen LogP contribution in [0.3, 0.4) is 0 Å². The van der Waals surface area contributed by atoms with Crippen molar-refractivity contribution in [1.82, 2.24) is 9.80 Å². The molecule has 32 heavy (non-hydrogen) atoms. The van der Waals surface area contributed by atoms with Crippen LogP contribution in [0.4, 0.5) is 0 Å². The van der Waals surface area contributed by atoms with Crippen molar-refractivity contribution >= 4 is 17.8 Å². The number of nitrogens with two attached hydrogens (primary N) is 2. The molecule has 0 unspecified atom stereocenters. The zero-order valence-electron chi connectivity index (χ0n) is 19.0. The van der Waals surface area contributed by atoms with Crippen molar-refractivity contribution in [3.8, 4) is 0 Å². The second-order valence-electron chi connectivity index (χ2n) is 9.09. The molecule has 2 atom stereocenters. The average molecular weight is 454 g/mol. The Balaban J connectivity index is 1.38. The summed E-state index contributed by atoms with van der Waals surface area (Å²) < 4.78 is 11.7. The minimum absolute atomic E-state index is 0.101. The zero-order chi connectivity index (χ0) is 22.9. The lowest BCUT2D eigenvalue weighted by Crippen LogP contribution is -2.49. The van der Waals surface area contributed by atoms with E-state index in [1.165, 1.54) is 25.8 Å². The molecule has 0 aromatic carbocycles. The number of hydrogen-bond donors (Lipinski definition) is 3. The Kier molecular flexibility index (Phi) is 9.70. The van der Waals surface area contributed by atoms with Crippen LogP contribution < -0.4 is 11.5 Å². The predicted molar refractivity (Wildman–Crippen MR) is 120 cm³/mol. The summed E-state index contributed by atoms with van der Waals surface area (Å²) in [7, 11) is 0. The molecule has 182 valence electrons. The van der Waals surface area contributed by atoms with Crippen LogP contribution in [0.5, 0.6) is 0 Å². The number of aliphatic imine (C=N–C) groups is 1. The molecule has 3 rings (SSSR count). The number of piperidine rings is 2. The number of carbonyl (C=O) groups is 2. The molecule has 0 aromatic rings. The molecule has 5 N–H and O–H groups in total. The van der Waals surface area contributed by atoms with Crippen LogP contribution in [0.25, 0.3) is 0 Å². The minimum atomic E-state index is -1.17. The number of guanidine groups is 1. The fourth-order valence-electron chi connectivity index (χ4n) is 4.99. The zero-order valence-corrected chi connectivity index (χ0v) is 19.0. The van der Waals surface area contributed by atoms with Crippen molar-refractivity contribution in [2.45, 2.75) is 82.0 Å². The number of nitrogens with zero attached hydrogens (tertiary/aromatic N) is 3. The van der Waals surface area contributed by atoms with Gasteiger partial charge in [-0.05, 0) is 51.5 Å². The summed E-state index contributed by atoms with van der Waals surface area (Å²) >= 11 is 0. The molecular formula is C22H39N5O5. The molecule has 0 aromatic heterocycles. The van der Waals surface area contributed by atoms with E-state index in [4.69, 9.17) is 26.0 Å². The van der Waals surface area contributed by atoms with E-state index in [0.29, 0.717) is 25.2 Å². The van der Waals surface area contributed by atoms with Gasteiger partial charge in [0.25, 0.3) is 5.91 Å². The second-order valence-corrected chi connectivity index (χ2v) is 9.09. The fraction of sp³-hybridized carbons (Fsp3) is 0.864. The van der Waals surface area contributed by atoms with Gasteiger partial charge in [0.1, 0.15) is 0 Å². The smallest absolute Gasteiger partial charge is 0.305 e. The Morgan fingerprint density at radius 3 is 2.50 bits per heavy atom. The summed E-state index contributed by atoms with van der Waals surface area (Å²) in [5.41, 5.74) is 11.5. The van der Waals surface area contributed by atoms with Gasteiger partial charge in [-0.1, -0.05) is 6.42 Å². The molecule has 3 heterocycles. The number of likely N-dealkylation sites (tertiary alicyclic amines) is 2. The van der Waals surface area contributed by atoms with Gasteiger partial charge >= 0.3 is 5.97 Å². The third-order valence-electron chi connectivity index (χ3n) is 6.84. The molecule has 3 fully saturated rings. The number of carboxylic acids is 1. The first-order valence-electron chi connectivity index (χ1n) is 12.0. The molecule has 3 saturated heterocycles. The molecule has 10 heteroatoms. The summed E-state index contributed by atoms with van der Waals surface area (Å²) in [6.45, 7) is 5.03. The molecule has 3 aliphatic rings. The Hall–Kier alpha value is -1.75. The van der Waals surface area contributed by atoms with Gasteiger partial charge in [0, 0.05) is 45.0 Å². The van der Waals surface area contributed by atoms with Crippen molar-refractivity contribution in [3.63, 3.8) is 0 Å². The van der Waals surface area contributed by atoms with Gasteiger partial charge in [0.05, 0.1) is 18.6 Å². The van der Waals surface area contributed by atoms with Gasteiger partial charge in [-0.3, -0.25) is 14.5 Å². The maximum absolute atomic E-state index is 11.9. The summed E-state index contributed by atoms with van der Waals surface area (Å²) in [5.74, 6) is -1.74. The number of hydrogen-bond acceptors (Lipinski definition) is 6. The Labute approximate surface area is 190 Å². The number of aliphatic carboxylic acids is 1. The van der Waals surface area contributed by atoms with E-state index in [-0.39, 0.29) is 12.1 Å². The molecule has 1 amide bonds. The van der Waals surface area contributed by atoms with Crippen LogP contribution in [0, 0.1) is 0 Å².